The molecular weight excluding hydrogens is 250 g/mol. The maximum atomic E-state index is 4.45. The fraction of sp³-hybridized carbons (Fsp3) is 0.733. The zero-order valence-corrected chi connectivity index (χ0v) is 13.1. The van der Waals surface area contributed by atoms with Gasteiger partial charge in [-0.1, -0.05) is 13.8 Å². The van der Waals surface area contributed by atoms with Gasteiger partial charge >= 0.3 is 0 Å². The van der Waals surface area contributed by atoms with Crippen molar-refractivity contribution in [3.63, 3.8) is 0 Å². The molecule has 1 aromatic rings. The summed E-state index contributed by atoms with van der Waals surface area (Å²) >= 11 is 0. The molecular formula is C15H27N5. The van der Waals surface area contributed by atoms with Gasteiger partial charge in [0.25, 0.3) is 0 Å². The predicted molar refractivity (Wildman–Crippen MR) is 84.4 cm³/mol. The Labute approximate surface area is 122 Å². The van der Waals surface area contributed by atoms with Gasteiger partial charge in [-0.25, -0.2) is 9.97 Å². The molecule has 1 aliphatic heterocycles. The highest BCUT2D eigenvalue weighted by molar-refractivity contribution is 5.59. The van der Waals surface area contributed by atoms with Crippen molar-refractivity contribution in [3.8, 4) is 0 Å². The monoisotopic (exact) mass is 277 g/mol. The summed E-state index contributed by atoms with van der Waals surface area (Å²) in [4.78, 5) is 11.2. The molecule has 0 radical (unpaired) electrons. The molecule has 2 N–H and O–H groups in total. The van der Waals surface area contributed by atoms with Crippen LogP contribution in [0, 0.1) is 0 Å². The Bertz CT molecular complexity index is 432. The molecule has 1 aliphatic rings. The highest BCUT2D eigenvalue weighted by Crippen LogP contribution is 2.28. The molecule has 20 heavy (non-hydrogen) atoms. The summed E-state index contributed by atoms with van der Waals surface area (Å²) in [6.45, 7) is 9.50. The third-order valence-corrected chi connectivity index (χ3v) is 3.98. The van der Waals surface area contributed by atoms with Gasteiger partial charge in [0.2, 0.25) is 0 Å². The minimum Gasteiger partial charge on any atom is -0.370 e. The molecule has 0 amide bonds. The fourth-order valence-electron chi connectivity index (χ4n) is 2.84. The van der Waals surface area contributed by atoms with Gasteiger partial charge in [-0.05, 0) is 39.3 Å². The van der Waals surface area contributed by atoms with E-state index < -0.39 is 0 Å². The second-order valence-electron chi connectivity index (χ2n) is 5.83. The Kier molecular flexibility index (Phi) is 5.17. The van der Waals surface area contributed by atoms with Gasteiger partial charge in [0.05, 0.1) is 0 Å². The van der Waals surface area contributed by atoms with Crippen LogP contribution in [0.5, 0.6) is 0 Å². The van der Waals surface area contributed by atoms with Crippen LogP contribution in [-0.4, -0.2) is 47.6 Å². The molecule has 0 bridgehead atoms. The number of likely N-dealkylation sites (tertiary alicyclic amines) is 1. The lowest BCUT2D eigenvalue weighted by Crippen LogP contribution is -2.32. The summed E-state index contributed by atoms with van der Waals surface area (Å²) in [5, 5.41) is 6.87. The maximum absolute atomic E-state index is 4.45. The molecule has 5 nitrogen and oxygen atoms in total. The van der Waals surface area contributed by atoms with Gasteiger partial charge in [-0.2, -0.15) is 0 Å². The summed E-state index contributed by atoms with van der Waals surface area (Å²) in [6.07, 6.45) is 4.21. The highest BCUT2D eigenvalue weighted by Gasteiger charge is 2.21. The van der Waals surface area contributed by atoms with E-state index in [-0.39, 0.29) is 0 Å². The third kappa shape index (κ3) is 3.39. The Hall–Kier alpha value is -1.36. The van der Waals surface area contributed by atoms with E-state index in [2.05, 4.69) is 53.3 Å². The lowest BCUT2D eigenvalue weighted by Gasteiger charge is -2.22. The van der Waals surface area contributed by atoms with Crippen LogP contribution in [0.25, 0.3) is 0 Å². The van der Waals surface area contributed by atoms with Crippen molar-refractivity contribution >= 4 is 11.6 Å². The van der Waals surface area contributed by atoms with E-state index in [0.29, 0.717) is 12.0 Å². The third-order valence-electron chi connectivity index (χ3n) is 3.98. The Morgan fingerprint density at radius 1 is 1.30 bits per heavy atom. The molecule has 1 aromatic heterocycles. The van der Waals surface area contributed by atoms with E-state index in [9.17, 15) is 0 Å². The number of hydrogen-bond donors (Lipinski definition) is 2. The van der Waals surface area contributed by atoms with Crippen molar-refractivity contribution in [2.24, 2.45) is 0 Å². The number of rotatable bonds is 6. The van der Waals surface area contributed by atoms with Gasteiger partial charge in [0, 0.05) is 24.7 Å². The van der Waals surface area contributed by atoms with Gasteiger partial charge in [-0.3, -0.25) is 0 Å². The van der Waals surface area contributed by atoms with Crippen molar-refractivity contribution in [3.05, 3.63) is 11.9 Å². The van der Waals surface area contributed by atoms with Crippen molar-refractivity contribution in [2.45, 2.75) is 45.6 Å². The number of aromatic nitrogens is 2. The quantitative estimate of drug-likeness (QED) is 0.837. The second kappa shape index (κ2) is 6.88. The molecule has 0 aliphatic carbocycles. The summed E-state index contributed by atoms with van der Waals surface area (Å²) in [5.41, 5.74) is 1.19. The smallest absolute Gasteiger partial charge is 0.135 e. The van der Waals surface area contributed by atoms with Crippen LogP contribution >= 0.6 is 0 Å². The summed E-state index contributed by atoms with van der Waals surface area (Å²) in [6, 6.07) is 0.618. The van der Waals surface area contributed by atoms with Crippen LogP contribution in [0.1, 0.15) is 45.1 Å². The molecule has 1 unspecified atom stereocenters. The van der Waals surface area contributed by atoms with Crippen LogP contribution in [0.2, 0.25) is 0 Å². The number of anilines is 2. The van der Waals surface area contributed by atoms with Crippen LogP contribution < -0.4 is 10.6 Å². The molecule has 2 heterocycles. The molecule has 1 atom stereocenters. The first-order valence-corrected chi connectivity index (χ1v) is 7.66. The minimum absolute atomic E-state index is 0.397. The van der Waals surface area contributed by atoms with Crippen LogP contribution in [0.3, 0.4) is 0 Å². The zero-order valence-electron chi connectivity index (χ0n) is 13.1. The first kappa shape index (κ1) is 15.0. The second-order valence-corrected chi connectivity index (χ2v) is 5.83. The van der Waals surface area contributed by atoms with Crippen LogP contribution in [0.15, 0.2) is 6.33 Å². The topological polar surface area (TPSA) is 53.1 Å². The number of nitrogens with zero attached hydrogens (tertiary/aromatic N) is 3. The van der Waals surface area contributed by atoms with E-state index >= 15 is 0 Å². The summed E-state index contributed by atoms with van der Waals surface area (Å²) < 4.78 is 0. The van der Waals surface area contributed by atoms with E-state index in [1.54, 1.807) is 6.33 Å². The van der Waals surface area contributed by atoms with Crippen LogP contribution in [-0.2, 0) is 0 Å². The Balaban J connectivity index is 2.11. The molecule has 1 fully saturated rings. The molecule has 0 spiro atoms. The minimum atomic E-state index is 0.397. The number of nitrogens with one attached hydrogen (secondary N) is 2. The van der Waals surface area contributed by atoms with Gasteiger partial charge in [0.1, 0.15) is 18.0 Å². The molecule has 5 heteroatoms. The summed E-state index contributed by atoms with van der Waals surface area (Å²) in [7, 11) is 2.20. The first-order valence-electron chi connectivity index (χ1n) is 7.66. The number of hydrogen-bond acceptors (Lipinski definition) is 5. The largest absolute Gasteiger partial charge is 0.370 e. The normalized spacial score (nSPS) is 19.6. The average molecular weight is 277 g/mol. The Morgan fingerprint density at radius 3 is 2.55 bits per heavy atom. The van der Waals surface area contributed by atoms with Crippen LogP contribution in [0.4, 0.5) is 11.6 Å². The SMILES string of the molecule is CCNc1ncnc(NCC2CCCN2C)c1C(C)C. The Morgan fingerprint density at radius 2 is 2.00 bits per heavy atom. The first-order chi connectivity index (χ1) is 9.63. The van der Waals surface area contributed by atoms with E-state index in [0.717, 1.165) is 24.7 Å². The van der Waals surface area contributed by atoms with E-state index in [4.69, 9.17) is 0 Å². The number of likely N-dealkylation sites (N-methyl/N-ethyl adjacent to an activating group) is 1. The van der Waals surface area contributed by atoms with Gasteiger partial charge in [0.15, 0.2) is 0 Å². The zero-order chi connectivity index (χ0) is 14.5. The lowest BCUT2D eigenvalue weighted by atomic mass is 10.0. The fourth-order valence-corrected chi connectivity index (χ4v) is 2.84. The predicted octanol–water partition coefficient (Wildman–Crippen LogP) is 2.54. The maximum Gasteiger partial charge on any atom is 0.135 e. The standard InChI is InChI=1S/C15H27N5/c1-5-16-14-13(11(2)3)15(19-10-18-14)17-9-12-7-6-8-20(12)4/h10-12H,5-9H2,1-4H3,(H2,16,17,18,19). The lowest BCUT2D eigenvalue weighted by molar-refractivity contribution is 0.322. The van der Waals surface area contributed by atoms with Gasteiger partial charge in [-0.15, -0.1) is 0 Å². The average Bonchev–Trinajstić information content (AvgIpc) is 2.82. The van der Waals surface area contributed by atoms with Crippen molar-refractivity contribution < 1.29 is 0 Å². The van der Waals surface area contributed by atoms with E-state index in [1.165, 1.54) is 24.9 Å². The molecule has 2 rings (SSSR count). The summed E-state index contributed by atoms with van der Waals surface area (Å²) in [5.74, 6) is 2.33. The van der Waals surface area contributed by atoms with E-state index in [1.807, 2.05) is 0 Å². The van der Waals surface area contributed by atoms with Crippen molar-refractivity contribution in [1.82, 2.24) is 14.9 Å². The highest BCUT2D eigenvalue weighted by atomic mass is 15.2. The van der Waals surface area contributed by atoms with Crippen molar-refractivity contribution in [1.29, 1.82) is 0 Å². The molecule has 0 aromatic carbocycles. The molecule has 112 valence electrons. The van der Waals surface area contributed by atoms with Crippen molar-refractivity contribution in [2.75, 3.05) is 37.3 Å². The van der Waals surface area contributed by atoms with Gasteiger partial charge < -0.3 is 15.5 Å². The molecule has 0 saturated carbocycles. The molecule has 1 saturated heterocycles.